The Morgan fingerprint density at radius 2 is 2.33 bits per heavy atom. The maximum absolute atomic E-state index is 13.3. The number of hydrogen-bond acceptors (Lipinski definition) is 5. The van der Waals surface area contributed by atoms with E-state index in [1.165, 1.54) is 0 Å². The topological polar surface area (TPSA) is 64.9 Å². The van der Waals surface area contributed by atoms with E-state index in [1.54, 1.807) is 19.3 Å². The Labute approximate surface area is 89.7 Å². The molecule has 0 amide bonds. The van der Waals surface area contributed by atoms with Crippen molar-refractivity contribution in [2.45, 2.75) is 16.8 Å². The molecule has 0 unspecified atom stereocenters. The molecule has 0 atom stereocenters. The van der Waals surface area contributed by atoms with Gasteiger partial charge in [0.05, 0.1) is 17.4 Å². The van der Waals surface area contributed by atoms with Crippen molar-refractivity contribution in [3.05, 3.63) is 30.1 Å². The number of nitrogens with zero attached hydrogens (tertiary/aromatic N) is 2. The molecule has 78 valence electrons. The number of halogens is 1. The van der Waals surface area contributed by atoms with Gasteiger partial charge in [-0.1, -0.05) is 11.8 Å². The highest BCUT2D eigenvalue weighted by Gasteiger charge is 2.10. The van der Waals surface area contributed by atoms with Crippen LogP contribution in [-0.2, 0) is 0 Å². The van der Waals surface area contributed by atoms with E-state index in [4.69, 9.17) is 10.2 Å². The summed E-state index contributed by atoms with van der Waals surface area (Å²) in [6.45, 7) is 1.80. The lowest BCUT2D eigenvalue weighted by molar-refractivity contribution is 0.526. The van der Waals surface area contributed by atoms with Crippen LogP contribution in [-0.4, -0.2) is 9.97 Å². The fourth-order valence-electron chi connectivity index (χ4n) is 1.02. The zero-order chi connectivity index (χ0) is 10.8. The van der Waals surface area contributed by atoms with Gasteiger partial charge < -0.3 is 10.2 Å². The van der Waals surface area contributed by atoms with Crippen LogP contribution in [0.15, 0.2) is 32.9 Å². The third-order valence-electron chi connectivity index (χ3n) is 1.75. The Morgan fingerprint density at radius 3 is 3.00 bits per heavy atom. The van der Waals surface area contributed by atoms with Crippen molar-refractivity contribution in [3.8, 4) is 0 Å². The number of aromatic nitrogens is 2. The predicted molar refractivity (Wildman–Crippen MR) is 54.0 cm³/mol. The minimum Gasteiger partial charge on any atom is -0.468 e. The predicted octanol–water partition coefficient (Wildman–Crippen LogP) is 2.25. The molecule has 15 heavy (non-hydrogen) atoms. The van der Waals surface area contributed by atoms with Crippen LogP contribution in [0.4, 0.5) is 10.3 Å². The minimum absolute atomic E-state index is 0.0556. The van der Waals surface area contributed by atoms with E-state index in [9.17, 15) is 4.39 Å². The molecule has 0 saturated heterocycles. The molecule has 0 fully saturated rings. The Kier molecular flexibility index (Phi) is 2.59. The molecule has 0 radical (unpaired) electrons. The molecule has 2 aromatic heterocycles. The second-order valence-corrected chi connectivity index (χ2v) is 3.86. The lowest BCUT2D eigenvalue weighted by Gasteiger charge is -2.00. The third-order valence-corrected chi connectivity index (χ3v) is 2.87. The van der Waals surface area contributed by atoms with Gasteiger partial charge in [0.1, 0.15) is 10.8 Å². The average molecular weight is 225 g/mol. The van der Waals surface area contributed by atoms with Crippen molar-refractivity contribution in [1.82, 2.24) is 9.97 Å². The lowest BCUT2D eigenvalue weighted by atomic mass is 10.5. The van der Waals surface area contributed by atoms with Crippen LogP contribution in [0.5, 0.6) is 0 Å². The van der Waals surface area contributed by atoms with Gasteiger partial charge in [0.15, 0.2) is 5.82 Å². The van der Waals surface area contributed by atoms with Gasteiger partial charge in [-0.2, -0.15) is 0 Å². The van der Waals surface area contributed by atoms with Gasteiger partial charge in [-0.25, -0.2) is 14.4 Å². The van der Waals surface area contributed by atoms with Crippen LogP contribution < -0.4 is 5.73 Å². The summed E-state index contributed by atoms with van der Waals surface area (Å²) in [5, 5.41) is 0.201. The Morgan fingerprint density at radius 1 is 1.53 bits per heavy atom. The smallest absolute Gasteiger partial charge is 0.221 e. The maximum atomic E-state index is 13.3. The normalized spacial score (nSPS) is 10.5. The summed E-state index contributed by atoms with van der Waals surface area (Å²) >= 11 is 1.16. The van der Waals surface area contributed by atoms with Crippen molar-refractivity contribution in [2.75, 3.05) is 5.73 Å². The summed E-state index contributed by atoms with van der Waals surface area (Å²) < 4.78 is 18.4. The largest absolute Gasteiger partial charge is 0.468 e. The summed E-state index contributed by atoms with van der Waals surface area (Å²) in [6, 6.07) is 1.75. The van der Waals surface area contributed by atoms with Gasteiger partial charge in [0.2, 0.25) is 5.95 Å². The minimum atomic E-state index is -0.491. The van der Waals surface area contributed by atoms with Crippen molar-refractivity contribution >= 4 is 17.7 Å². The number of furan rings is 1. The lowest BCUT2D eigenvalue weighted by Crippen LogP contribution is -1.97. The molecular weight excluding hydrogens is 217 g/mol. The first-order valence-corrected chi connectivity index (χ1v) is 4.98. The van der Waals surface area contributed by atoms with Gasteiger partial charge in [0, 0.05) is 0 Å². The first-order chi connectivity index (χ1) is 7.16. The molecule has 0 aliphatic heterocycles. The summed E-state index contributed by atoms with van der Waals surface area (Å²) in [7, 11) is 0. The van der Waals surface area contributed by atoms with Gasteiger partial charge in [0.25, 0.3) is 0 Å². The third kappa shape index (κ3) is 2.10. The molecule has 0 bridgehead atoms. The van der Waals surface area contributed by atoms with E-state index in [0.717, 1.165) is 28.6 Å². The first kappa shape index (κ1) is 9.97. The quantitative estimate of drug-likeness (QED) is 0.794. The second kappa shape index (κ2) is 3.90. The summed E-state index contributed by atoms with van der Waals surface area (Å²) in [5.74, 6) is 0.284. The standard InChI is InChI=1S/C9H8FN3OS/c1-5-7(2-3-14-5)15-8-6(10)4-12-9(11)13-8/h2-4H,1H3,(H2,11,12,13). The van der Waals surface area contributed by atoms with Crippen molar-refractivity contribution < 1.29 is 8.81 Å². The van der Waals surface area contributed by atoms with Crippen LogP contribution in [0, 0.1) is 12.7 Å². The van der Waals surface area contributed by atoms with Gasteiger partial charge in [-0.3, -0.25) is 0 Å². The van der Waals surface area contributed by atoms with Gasteiger partial charge >= 0.3 is 0 Å². The van der Waals surface area contributed by atoms with E-state index >= 15 is 0 Å². The molecule has 2 N–H and O–H groups in total. The SMILES string of the molecule is Cc1occc1Sc1nc(N)ncc1F. The number of nitrogen functional groups attached to an aromatic ring is 1. The van der Waals surface area contributed by atoms with Crippen LogP contribution in [0.2, 0.25) is 0 Å². The molecule has 2 heterocycles. The zero-order valence-electron chi connectivity index (χ0n) is 7.90. The number of nitrogens with two attached hydrogens (primary N) is 1. The second-order valence-electron chi connectivity index (χ2n) is 2.82. The van der Waals surface area contributed by atoms with E-state index in [1.807, 2.05) is 0 Å². The first-order valence-electron chi connectivity index (χ1n) is 4.17. The molecule has 0 spiro atoms. The number of hydrogen-bond donors (Lipinski definition) is 1. The average Bonchev–Trinajstić information content (AvgIpc) is 2.58. The van der Waals surface area contributed by atoms with E-state index in [-0.39, 0.29) is 11.0 Å². The molecule has 6 heteroatoms. The van der Waals surface area contributed by atoms with E-state index in [0.29, 0.717) is 0 Å². The Hall–Kier alpha value is -1.56. The number of aryl methyl sites for hydroxylation is 1. The highest BCUT2D eigenvalue weighted by atomic mass is 32.2. The molecule has 2 aromatic rings. The fourth-order valence-corrected chi connectivity index (χ4v) is 1.83. The number of rotatable bonds is 2. The fraction of sp³-hybridized carbons (Fsp3) is 0.111. The van der Waals surface area contributed by atoms with Gasteiger partial charge in [-0.15, -0.1) is 0 Å². The van der Waals surface area contributed by atoms with Crippen molar-refractivity contribution in [3.63, 3.8) is 0 Å². The molecule has 0 aliphatic rings. The summed E-state index contributed by atoms with van der Waals surface area (Å²) in [6.07, 6.45) is 2.60. The molecule has 2 rings (SSSR count). The van der Waals surface area contributed by atoms with Crippen LogP contribution in [0.3, 0.4) is 0 Å². The van der Waals surface area contributed by atoms with E-state index < -0.39 is 5.82 Å². The highest BCUT2D eigenvalue weighted by molar-refractivity contribution is 7.99. The molecule has 0 aromatic carbocycles. The van der Waals surface area contributed by atoms with Crippen LogP contribution in [0.1, 0.15) is 5.76 Å². The molecular formula is C9H8FN3OS. The Bertz CT molecular complexity index is 486. The summed E-state index contributed by atoms with van der Waals surface area (Å²) in [4.78, 5) is 8.16. The van der Waals surface area contributed by atoms with Gasteiger partial charge in [-0.05, 0) is 13.0 Å². The summed E-state index contributed by atoms with van der Waals surface area (Å²) in [5.41, 5.74) is 5.37. The Balaban J connectivity index is 2.32. The van der Waals surface area contributed by atoms with Crippen molar-refractivity contribution in [2.24, 2.45) is 0 Å². The molecule has 0 saturated carbocycles. The number of anilines is 1. The monoisotopic (exact) mass is 225 g/mol. The van der Waals surface area contributed by atoms with Crippen LogP contribution >= 0.6 is 11.8 Å². The molecule has 4 nitrogen and oxygen atoms in total. The van der Waals surface area contributed by atoms with Crippen LogP contribution in [0.25, 0.3) is 0 Å². The van der Waals surface area contributed by atoms with Crippen molar-refractivity contribution in [1.29, 1.82) is 0 Å². The maximum Gasteiger partial charge on any atom is 0.221 e. The van der Waals surface area contributed by atoms with E-state index in [2.05, 4.69) is 9.97 Å². The highest BCUT2D eigenvalue weighted by Crippen LogP contribution is 2.31. The molecule has 0 aliphatic carbocycles. The zero-order valence-corrected chi connectivity index (χ0v) is 8.71.